The summed E-state index contributed by atoms with van der Waals surface area (Å²) in [5.74, 6) is -0.212. The van der Waals surface area contributed by atoms with Crippen LogP contribution >= 0.6 is 11.3 Å². The first-order valence-electron chi connectivity index (χ1n) is 4.79. The minimum Gasteiger partial charge on any atom is -0.351 e. The molecule has 15 heavy (non-hydrogen) atoms. The first kappa shape index (κ1) is 11.7. The van der Waals surface area contributed by atoms with E-state index in [0.717, 1.165) is 6.42 Å². The van der Waals surface area contributed by atoms with Gasteiger partial charge in [0.15, 0.2) is 0 Å². The van der Waals surface area contributed by atoms with E-state index in [2.05, 4.69) is 10.6 Å². The molecule has 0 saturated heterocycles. The molecule has 2 amide bonds. The summed E-state index contributed by atoms with van der Waals surface area (Å²) in [6.45, 7) is 4.11. The van der Waals surface area contributed by atoms with Crippen molar-refractivity contribution in [1.82, 2.24) is 5.32 Å². The molecule has 1 aromatic rings. The second-order valence-electron chi connectivity index (χ2n) is 3.10. The molecule has 0 bridgehead atoms. The smallest absolute Gasteiger partial charge is 0.261 e. The van der Waals surface area contributed by atoms with Crippen LogP contribution in [-0.2, 0) is 4.79 Å². The van der Waals surface area contributed by atoms with Gasteiger partial charge in [-0.25, -0.2) is 0 Å². The van der Waals surface area contributed by atoms with Crippen molar-refractivity contribution in [2.45, 2.75) is 20.3 Å². The van der Waals surface area contributed by atoms with Gasteiger partial charge in [0.05, 0.1) is 9.88 Å². The fourth-order valence-electron chi connectivity index (χ4n) is 1.03. The van der Waals surface area contributed by atoms with Crippen LogP contribution < -0.4 is 10.6 Å². The number of thiophene rings is 1. The molecule has 0 aliphatic carbocycles. The Labute approximate surface area is 92.7 Å². The number of carbonyl (C=O) groups excluding carboxylic acids is 2. The second kappa shape index (κ2) is 5.50. The molecule has 1 heterocycles. The highest BCUT2D eigenvalue weighted by Crippen LogP contribution is 2.21. The third-order valence-corrected chi connectivity index (χ3v) is 2.66. The van der Waals surface area contributed by atoms with E-state index in [4.69, 9.17) is 0 Å². The van der Waals surface area contributed by atoms with E-state index in [1.165, 1.54) is 18.3 Å². The highest BCUT2D eigenvalue weighted by Gasteiger charge is 2.08. The van der Waals surface area contributed by atoms with Crippen molar-refractivity contribution < 1.29 is 9.59 Å². The van der Waals surface area contributed by atoms with Gasteiger partial charge in [-0.1, -0.05) is 6.92 Å². The van der Waals surface area contributed by atoms with Crippen molar-refractivity contribution in [2.75, 3.05) is 11.9 Å². The van der Waals surface area contributed by atoms with Gasteiger partial charge in [0.25, 0.3) is 5.91 Å². The number of amides is 2. The summed E-state index contributed by atoms with van der Waals surface area (Å²) in [5.41, 5.74) is 0. The predicted molar refractivity (Wildman–Crippen MR) is 61.2 cm³/mol. The monoisotopic (exact) mass is 226 g/mol. The Hall–Kier alpha value is -1.36. The zero-order valence-electron chi connectivity index (χ0n) is 8.79. The lowest BCUT2D eigenvalue weighted by atomic mass is 10.4. The number of anilines is 1. The van der Waals surface area contributed by atoms with Crippen molar-refractivity contribution >= 4 is 28.2 Å². The molecular weight excluding hydrogens is 212 g/mol. The zero-order valence-corrected chi connectivity index (χ0v) is 9.61. The lowest BCUT2D eigenvalue weighted by Crippen LogP contribution is -2.22. The van der Waals surface area contributed by atoms with E-state index in [9.17, 15) is 9.59 Å². The van der Waals surface area contributed by atoms with Gasteiger partial charge in [-0.05, 0) is 18.6 Å². The molecule has 0 unspecified atom stereocenters. The van der Waals surface area contributed by atoms with Crippen molar-refractivity contribution in [1.29, 1.82) is 0 Å². The van der Waals surface area contributed by atoms with Crippen LogP contribution in [0.15, 0.2) is 12.1 Å². The minimum absolute atomic E-state index is 0.0848. The van der Waals surface area contributed by atoms with Crippen LogP contribution in [0.1, 0.15) is 29.9 Å². The van der Waals surface area contributed by atoms with Crippen molar-refractivity contribution in [3.8, 4) is 0 Å². The van der Waals surface area contributed by atoms with E-state index in [-0.39, 0.29) is 11.8 Å². The largest absolute Gasteiger partial charge is 0.351 e. The average molecular weight is 226 g/mol. The molecule has 5 heteroatoms. The Balaban J connectivity index is 2.59. The Morgan fingerprint density at radius 3 is 2.73 bits per heavy atom. The van der Waals surface area contributed by atoms with Gasteiger partial charge in [-0.3, -0.25) is 9.59 Å². The first-order chi connectivity index (χ1) is 7.13. The van der Waals surface area contributed by atoms with Crippen LogP contribution in [0, 0.1) is 0 Å². The Bertz CT molecular complexity index is 360. The standard InChI is InChI=1S/C10H14N2O2S/c1-3-6-11-10(14)8-4-5-9(15-8)12-7(2)13/h4-5H,3,6H2,1-2H3,(H,11,14)(H,12,13). The number of hydrogen-bond donors (Lipinski definition) is 2. The van der Waals surface area contributed by atoms with Crippen LogP contribution in [0.5, 0.6) is 0 Å². The number of nitrogens with one attached hydrogen (secondary N) is 2. The summed E-state index contributed by atoms with van der Waals surface area (Å²) < 4.78 is 0. The summed E-state index contributed by atoms with van der Waals surface area (Å²) in [6, 6.07) is 3.44. The van der Waals surface area contributed by atoms with Crippen molar-refractivity contribution in [3.63, 3.8) is 0 Å². The molecule has 1 aromatic heterocycles. The fourth-order valence-corrected chi connectivity index (χ4v) is 1.89. The molecule has 2 N–H and O–H groups in total. The minimum atomic E-state index is -0.127. The molecule has 0 spiro atoms. The summed E-state index contributed by atoms with van der Waals surface area (Å²) in [4.78, 5) is 22.9. The molecule has 1 rings (SSSR count). The van der Waals surface area contributed by atoms with Gasteiger partial charge < -0.3 is 10.6 Å². The maximum atomic E-state index is 11.5. The molecule has 4 nitrogen and oxygen atoms in total. The Morgan fingerprint density at radius 2 is 2.13 bits per heavy atom. The quantitative estimate of drug-likeness (QED) is 0.823. The van der Waals surface area contributed by atoms with Crippen LogP contribution in [0.3, 0.4) is 0 Å². The number of carbonyl (C=O) groups is 2. The van der Waals surface area contributed by atoms with Gasteiger partial charge >= 0.3 is 0 Å². The Morgan fingerprint density at radius 1 is 1.40 bits per heavy atom. The van der Waals surface area contributed by atoms with Gasteiger partial charge in [0, 0.05) is 13.5 Å². The van der Waals surface area contributed by atoms with E-state index in [1.807, 2.05) is 6.92 Å². The predicted octanol–water partition coefficient (Wildman–Crippen LogP) is 1.85. The molecule has 0 saturated carbocycles. The van der Waals surface area contributed by atoms with Gasteiger partial charge in [-0.15, -0.1) is 11.3 Å². The molecular formula is C10H14N2O2S. The summed E-state index contributed by atoms with van der Waals surface area (Å²) in [6.07, 6.45) is 0.912. The molecule has 82 valence electrons. The van der Waals surface area contributed by atoms with Gasteiger partial charge in [0.2, 0.25) is 5.91 Å². The number of rotatable bonds is 4. The maximum Gasteiger partial charge on any atom is 0.261 e. The van der Waals surface area contributed by atoms with E-state index in [1.54, 1.807) is 12.1 Å². The normalized spacial score (nSPS) is 9.73. The Kier molecular flexibility index (Phi) is 4.30. The highest BCUT2D eigenvalue weighted by atomic mass is 32.1. The lowest BCUT2D eigenvalue weighted by Gasteiger charge is -1.99. The van der Waals surface area contributed by atoms with Crippen LogP contribution in [0.2, 0.25) is 0 Å². The molecule has 0 aromatic carbocycles. The third kappa shape index (κ3) is 3.71. The molecule has 0 fully saturated rings. The van der Waals surface area contributed by atoms with E-state index >= 15 is 0 Å². The van der Waals surface area contributed by atoms with Crippen LogP contribution in [0.4, 0.5) is 5.00 Å². The summed E-state index contributed by atoms with van der Waals surface area (Å²) in [7, 11) is 0. The number of hydrogen-bond acceptors (Lipinski definition) is 3. The maximum absolute atomic E-state index is 11.5. The molecule has 0 radical (unpaired) electrons. The van der Waals surface area contributed by atoms with E-state index < -0.39 is 0 Å². The molecule has 0 aliphatic heterocycles. The fraction of sp³-hybridized carbons (Fsp3) is 0.400. The average Bonchev–Trinajstić information content (AvgIpc) is 2.61. The topological polar surface area (TPSA) is 58.2 Å². The highest BCUT2D eigenvalue weighted by molar-refractivity contribution is 7.18. The first-order valence-corrected chi connectivity index (χ1v) is 5.60. The zero-order chi connectivity index (χ0) is 11.3. The van der Waals surface area contributed by atoms with E-state index in [0.29, 0.717) is 16.4 Å². The summed E-state index contributed by atoms with van der Waals surface area (Å²) in [5, 5.41) is 6.11. The SMILES string of the molecule is CCCNC(=O)c1ccc(NC(C)=O)s1. The van der Waals surface area contributed by atoms with Gasteiger partial charge in [-0.2, -0.15) is 0 Å². The third-order valence-electron chi connectivity index (χ3n) is 1.66. The van der Waals surface area contributed by atoms with Crippen molar-refractivity contribution in [3.05, 3.63) is 17.0 Å². The van der Waals surface area contributed by atoms with Crippen LogP contribution in [0.25, 0.3) is 0 Å². The van der Waals surface area contributed by atoms with Crippen LogP contribution in [-0.4, -0.2) is 18.4 Å². The molecule has 0 atom stereocenters. The van der Waals surface area contributed by atoms with Crippen molar-refractivity contribution in [2.24, 2.45) is 0 Å². The summed E-state index contributed by atoms with van der Waals surface area (Å²) >= 11 is 1.28. The lowest BCUT2D eigenvalue weighted by molar-refractivity contribution is -0.114. The van der Waals surface area contributed by atoms with Gasteiger partial charge in [0.1, 0.15) is 0 Å². The second-order valence-corrected chi connectivity index (χ2v) is 4.18. The molecule has 0 aliphatic rings.